The van der Waals surface area contributed by atoms with Gasteiger partial charge in [-0.1, -0.05) is 18.2 Å². The van der Waals surface area contributed by atoms with Crippen LogP contribution in [0, 0.1) is 5.41 Å². The Kier molecular flexibility index (Phi) is 5.52. The third-order valence-corrected chi connectivity index (χ3v) is 3.56. The number of aliphatic carboxylic acids is 1. The standard InChI is InChI=1S/C18H20N2O4/c1-18(2,17(22)23)9-11-20-16(21)15-12-14(8-10-19-15)24-13-6-4-3-5-7-13/h3-8,10,12H,9,11H2,1-2H3,(H,20,21)(H,22,23). The summed E-state index contributed by atoms with van der Waals surface area (Å²) in [7, 11) is 0. The maximum Gasteiger partial charge on any atom is 0.309 e. The molecule has 2 N–H and O–H groups in total. The Bertz CT molecular complexity index is 714. The van der Waals surface area contributed by atoms with Crippen LogP contribution < -0.4 is 10.1 Å². The molecule has 24 heavy (non-hydrogen) atoms. The van der Waals surface area contributed by atoms with Gasteiger partial charge < -0.3 is 15.2 Å². The minimum atomic E-state index is -0.895. The summed E-state index contributed by atoms with van der Waals surface area (Å²) in [5.74, 6) is -0.0895. The maximum atomic E-state index is 12.1. The van der Waals surface area contributed by atoms with E-state index in [1.54, 1.807) is 26.0 Å². The van der Waals surface area contributed by atoms with Gasteiger partial charge >= 0.3 is 5.97 Å². The molecule has 1 aromatic carbocycles. The molecule has 1 amide bonds. The lowest BCUT2D eigenvalue weighted by atomic mass is 9.90. The zero-order valence-corrected chi connectivity index (χ0v) is 13.7. The van der Waals surface area contributed by atoms with Crippen LogP contribution in [0.15, 0.2) is 48.7 Å². The first-order valence-corrected chi connectivity index (χ1v) is 7.59. The quantitative estimate of drug-likeness (QED) is 0.815. The number of carboxylic acids is 1. The second kappa shape index (κ2) is 7.59. The topological polar surface area (TPSA) is 88.5 Å². The second-order valence-corrected chi connectivity index (χ2v) is 5.99. The van der Waals surface area contributed by atoms with Crippen LogP contribution in [0.1, 0.15) is 30.8 Å². The SMILES string of the molecule is CC(C)(CCNC(=O)c1cc(Oc2ccccc2)ccn1)C(=O)O. The first-order valence-electron chi connectivity index (χ1n) is 7.59. The smallest absolute Gasteiger partial charge is 0.309 e. The number of pyridine rings is 1. The van der Waals surface area contributed by atoms with Gasteiger partial charge in [-0.3, -0.25) is 14.6 Å². The van der Waals surface area contributed by atoms with Gasteiger partial charge in [-0.2, -0.15) is 0 Å². The van der Waals surface area contributed by atoms with Crippen LogP contribution in [0.25, 0.3) is 0 Å². The van der Waals surface area contributed by atoms with Gasteiger partial charge in [-0.05, 0) is 38.5 Å². The van der Waals surface area contributed by atoms with Crippen molar-refractivity contribution >= 4 is 11.9 Å². The number of hydrogen-bond donors (Lipinski definition) is 2. The fraction of sp³-hybridized carbons (Fsp3) is 0.278. The number of hydrogen-bond acceptors (Lipinski definition) is 4. The second-order valence-electron chi connectivity index (χ2n) is 5.99. The number of rotatable bonds is 7. The lowest BCUT2D eigenvalue weighted by molar-refractivity contribution is -0.147. The van der Waals surface area contributed by atoms with Gasteiger partial charge in [0.1, 0.15) is 17.2 Å². The monoisotopic (exact) mass is 328 g/mol. The number of carbonyl (C=O) groups excluding carboxylic acids is 1. The minimum absolute atomic E-state index is 0.219. The van der Waals surface area contributed by atoms with E-state index < -0.39 is 11.4 Å². The minimum Gasteiger partial charge on any atom is -0.481 e. The number of nitrogens with zero attached hydrogens (tertiary/aromatic N) is 1. The van der Waals surface area contributed by atoms with Gasteiger partial charge in [-0.15, -0.1) is 0 Å². The van der Waals surface area contributed by atoms with Crippen molar-refractivity contribution in [3.8, 4) is 11.5 Å². The summed E-state index contributed by atoms with van der Waals surface area (Å²) in [6.45, 7) is 3.49. The molecule has 0 fully saturated rings. The molecule has 0 aliphatic heterocycles. The molecule has 0 spiro atoms. The van der Waals surface area contributed by atoms with E-state index in [-0.39, 0.29) is 18.1 Å². The highest BCUT2D eigenvalue weighted by Crippen LogP contribution is 2.21. The maximum absolute atomic E-state index is 12.1. The Hall–Kier alpha value is -2.89. The van der Waals surface area contributed by atoms with E-state index in [1.165, 1.54) is 6.20 Å². The molecule has 0 saturated carbocycles. The summed E-state index contributed by atoms with van der Waals surface area (Å²) in [5.41, 5.74) is -0.671. The van der Waals surface area contributed by atoms with E-state index in [1.807, 2.05) is 30.3 Å². The summed E-state index contributed by atoms with van der Waals surface area (Å²) in [5, 5.41) is 11.7. The fourth-order valence-corrected chi connectivity index (χ4v) is 1.91. The summed E-state index contributed by atoms with van der Waals surface area (Å²) in [6, 6.07) is 12.4. The number of nitrogens with one attached hydrogen (secondary N) is 1. The molecule has 6 nitrogen and oxygen atoms in total. The lowest BCUT2D eigenvalue weighted by Crippen LogP contribution is -2.32. The molecule has 0 aliphatic carbocycles. The molecule has 1 heterocycles. The van der Waals surface area contributed by atoms with Gasteiger partial charge in [-0.25, -0.2) is 0 Å². The summed E-state index contributed by atoms with van der Waals surface area (Å²) in [6.07, 6.45) is 1.82. The normalized spacial score (nSPS) is 10.9. The third-order valence-electron chi connectivity index (χ3n) is 3.56. The number of carbonyl (C=O) groups is 2. The van der Waals surface area contributed by atoms with Gasteiger partial charge in [0, 0.05) is 18.8 Å². The number of aromatic nitrogens is 1. The zero-order chi connectivity index (χ0) is 17.6. The molecular formula is C18H20N2O4. The molecule has 0 bridgehead atoms. The van der Waals surface area contributed by atoms with Gasteiger partial charge in [0.05, 0.1) is 5.41 Å². The first kappa shape index (κ1) is 17.5. The van der Waals surface area contributed by atoms with E-state index >= 15 is 0 Å². The van der Waals surface area contributed by atoms with Crippen molar-refractivity contribution in [1.82, 2.24) is 10.3 Å². The van der Waals surface area contributed by atoms with Crippen LogP contribution >= 0.6 is 0 Å². The van der Waals surface area contributed by atoms with Crippen LogP contribution in [-0.2, 0) is 4.79 Å². The number of amides is 1. The summed E-state index contributed by atoms with van der Waals surface area (Å²) in [4.78, 5) is 27.2. The Morgan fingerprint density at radius 1 is 1.17 bits per heavy atom. The first-order chi connectivity index (χ1) is 11.4. The molecule has 2 aromatic rings. The largest absolute Gasteiger partial charge is 0.481 e. The van der Waals surface area contributed by atoms with Gasteiger partial charge in [0.2, 0.25) is 0 Å². The average Bonchev–Trinajstić information content (AvgIpc) is 2.55. The van der Waals surface area contributed by atoms with Crippen LogP contribution in [0.4, 0.5) is 0 Å². The fourth-order valence-electron chi connectivity index (χ4n) is 1.91. The van der Waals surface area contributed by atoms with E-state index in [0.29, 0.717) is 17.9 Å². The van der Waals surface area contributed by atoms with Crippen LogP contribution in [-0.4, -0.2) is 28.5 Å². The number of ether oxygens (including phenoxy) is 1. The predicted octanol–water partition coefficient (Wildman–Crippen LogP) is 3.10. The number of para-hydroxylation sites is 1. The highest BCUT2D eigenvalue weighted by Gasteiger charge is 2.26. The molecule has 2 rings (SSSR count). The third kappa shape index (κ3) is 4.81. The Labute approximate surface area is 140 Å². The highest BCUT2D eigenvalue weighted by atomic mass is 16.5. The zero-order valence-electron chi connectivity index (χ0n) is 13.7. The molecule has 0 unspecified atom stereocenters. The van der Waals surface area contributed by atoms with Gasteiger partial charge in [0.25, 0.3) is 5.91 Å². The van der Waals surface area contributed by atoms with Crippen LogP contribution in [0.3, 0.4) is 0 Å². The van der Waals surface area contributed by atoms with Crippen molar-refractivity contribution in [2.45, 2.75) is 20.3 Å². The molecule has 6 heteroatoms. The molecule has 1 aromatic heterocycles. The Balaban J connectivity index is 1.95. The van der Waals surface area contributed by atoms with E-state index in [2.05, 4.69) is 10.3 Å². The Morgan fingerprint density at radius 3 is 2.54 bits per heavy atom. The molecule has 126 valence electrons. The van der Waals surface area contributed by atoms with Gasteiger partial charge in [0.15, 0.2) is 0 Å². The molecular weight excluding hydrogens is 308 g/mol. The molecule has 0 aliphatic rings. The van der Waals surface area contributed by atoms with Crippen molar-refractivity contribution in [3.05, 3.63) is 54.4 Å². The van der Waals surface area contributed by atoms with E-state index in [9.17, 15) is 9.59 Å². The van der Waals surface area contributed by atoms with Crippen molar-refractivity contribution < 1.29 is 19.4 Å². The van der Waals surface area contributed by atoms with Crippen molar-refractivity contribution in [3.63, 3.8) is 0 Å². The van der Waals surface area contributed by atoms with E-state index in [4.69, 9.17) is 9.84 Å². The van der Waals surface area contributed by atoms with Crippen LogP contribution in [0.5, 0.6) is 11.5 Å². The van der Waals surface area contributed by atoms with Crippen LogP contribution in [0.2, 0.25) is 0 Å². The van der Waals surface area contributed by atoms with Crippen molar-refractivity contribution in [2.24, 2.45) is 5.41 Å². The predicted molar refractivity (Wildman–Crippen MR) is 89.1 cm³/mol. The molecule has 0 radical (unpaired) electrons. The van der Waals surface area contributed by atoms with Crippen molar-refractivity contribution in [2.75, 3.05) is 6.54 Å². The number of carboxylic acid groups (broad SMARTS) is 1. The number of benzene rings is 1. The summed E-state index contributed by atoms with van der Waals surface area (Å²) < 4.78 is 5.66. The summed E-state index contributed by atoms with van der Waals surface area (Å²) >= 11 is 0. The molecule has 0 saturated heterocycles. The van der Waals surface area contributed by atoms with Crippen molar-refractivity contribution in [1.29, 1.82) is 0 Å². The molecule has 0 atom stereocenters. The lowest BCUT2D eigenvalue weighted by Gasteiger charge is -2.18. The Morgan fingerprint density at radius 2 is 1.88 bits per heavy atom. The van der Waals surface area contributed by atoms with E-state index in [0.717, 1.165) is 0 Å². The average molecular weight is 328 g/mol. The highest BCUT2D eigenvalue weighted by molar-refractivity contribution is 5.92.